The van der Waals surface area contributed by atoms with Crippen molar-refractivity contribution in [3.05, 3.63) is 35.9 Å². The van der Waals surface area contributed by atoms with Crippen molar-refractivity contribution in [3.8, 4) is 0 Å². The summed E-state index contributed by atoms with van der Waals surface area (Å²) in [6.45, 7) is 39.0. The number of carbonyl (C=O) groups is 10. The third kappa shape index (κ3) is 50.9. The van der Waals surface area contributed by atoms with E-state index in [1.165, 1.54) is 0 Å². The molecule has 1 aromatic rings. The van der Waals surface area contributed by atoms with E-state index in [9.17, 15) is 47.9 Å². The fraction of sp³-hybridized carbons (Fsp3) is 0.733. The minimum absolute atomic E-state index is 0.0146. The lowest BCUT2D eigenvalue weighted by molar-refractivity contribution is -0.160. The summed E-state index contributed by atoms with van der Waals surface area (Å²) >= 11 is 0. The number of nitrogens with one attached hydrogen (secondary N) is 4. The number of hydrogen-bond acceptors (Lipinski definition) is 18. The molecule has 0 saturated heterocycles. The highest BCUT2D eigenvalue weighted by Crippen LogP contribution is 2.17. The van der Waals surface area contributed by atoms with Gasteiger partial charge in [0.2, 0.25) is 0 Å². The molecular weight excluding hydrogens is 1080 g/mol. The number of carboxylic acids is 1. The van der Waals surface area contributed by atoms with Crippen molar-refractivity contribution >= 4 is 59.8 Å². The second-order valence-corrected chi connectivity index (χ2v) is 25.3. The van der Waals surface area contributed by atoms with Crippen LogP contribution in [0.3, 0.4) is 0 Å². The van der Waals surface area contributed by atoms with Crippen LogP contribution in [-0.4, -0.2) is 129 Å². The molecule has 0 bridgehead atoms. The van der Waals surface area contributed by atoms with Crippen LogP contribution in [0.2, 0.25) is 0 Å². The Morgan fingerprint density at radius 3 is 1.05 bits per heavy atom. The van der Waals surface area contributed by atoms with E-state index in [1.54, 1.807) is 138 Å². The molecule has 23 heteroatoms. The highest BCUT2D eigenvalue weighted by molar-refractivity contribution is 5.85. The van der Waals surface area contributed by atoms with Gasteiger partial charge in [-0.1, -0.05) is 44.2 Å². The lowest BCUT2D eigenvalue weighted by atomic mass is 10.1. The Bertz CT molecular complexity index is 2160. The van der Waals surface area contributed by atoms with Crippen molar-refractivity contribution in [1.82, 2.24) is 21.3 Å². The molecule has 4 amide bonds. The maximum atomic E-state index is 12.6. The predicted octanol–water partition coefficient (Wildman–Crippen LogP) is 9.20. The van der Waals surface area contributed by atoms with Gasteiger partial charge in [-0.25, -0.2) is 19.2 Å². The molecule has 0 aromatic heterocycles. The Kier molecular flexibility index (Phi) is 37.3. The SMILES string of the molecule is CC.CC(C)(C)OC(=O)CC[C@H](N)C(=O)OC(C)(C)C.C[C@H](CCC(=O)O)NC(=O)N[C@@H](CCC(=O)OC(C)(C)C)C(=O)OC(C)(C)C.C[C@H](CCC(=O)OCc1ccccc1)NC(=O)N[C@@H](CCC(=O)OC(C)(C)C)C(=O)OC(C)(C)C. The van der Waals surface area contributed by atoms with Crippen LogP contribution in [0.1, 0.15) is 222 Å². The number of amides is 4. The van der Waals surface area contributed by atoms with Gasteiger partial charge < -0.3 is 65.3 Å². The monoisotopic (exact) mass is 1180 g/mol. The van der Waals surface area contributed by atoms with Crippen LogP contribution in [-0.2, 0) is 78.1 Å². The molecule has 0 fully saturated rings. The largest absolute Gasteiger partial charge is 0.481 e. The maximum absolute atomic E-state index is 12.6. The molecule has 0 saturated carbocycles. The standard InChI is InChI=1S/C26H40N2O7.C19H34N2O7.C13H25NO4.C2H6/c1-18(13-15-21(29)33-17-19-11-9-8-10-12-19)27-24(32)28-20(23(31)35-26(5,6)7)14-16-22(30)34-25(2,3)4;1-12(8-10-14(22)23)20-17(26)21-13(16(25)28-19(5,6)7)9-11-15(24)27-18(2,3)4;1-12(2,3)17-10(15)8-7-9(14)11(16)18-13(4,5)6;1-2/h8-12,18,20H,13-17H2,1-7H3,(H2,27,28,32);12-13H,8-11H2,1-7H3,(H,22,23)(H2,20,21,26);9H,7-8,14H2,1-6H3;1-2H3/t18-,20+;12-,13+;9-;/m110./s1. The predicted molar refractivity (Wildman–Crippen MR) is 314 cm³/mol. The number of rotatable bonds is 24. The van der Waals surface area contributed by atoms with Crippen LogP contribution in [0.5, 0.6) is 0 Å². The molecule has 0 radical (unpaired) electrons. The molecular formula is C60H105N5O18. The van der Waals surface area contributed by atoms with E-state index in [0.717, 1.165) is 5.56 Å². The number of aliphatic carboxylic acids is 1. The van der Waals surface area contributed by atoms with E-state index < -0.39 is 106 Å². The molecule has 0 unspecified atom stereocenters. The number of urea groups is 2. The van der Waals surface area contributed by atoms with Crippen molar-refractivity contribution in [2.45, 2.75) is 287 Å². The van der Waals surface area contributed by atoms with Gasteiger partial charge in [0.25, 0.3) is 0 Å². The number of esters is 7. The zero-order chi connectivity index (χ0) is 65.3. The van der Waals surface area contributed by atoms with E-state index in [2.05, 4.69) is 21.3 Å². The Labute approximate surface area is 494 Å². The van der Waals surface area contributed by atoms with Crippen LogP contribution in [0.25, 0.3) is 0 Å². The fourth-order valence-electron chi connectivity index (χ4n) is 6.19. The molecule has 7 N–H and O–H groups in total. The van der Waals surface area contributed by atoms with Gasteiger partial charge in [-0.15, -0.1) is 0 Å². The fourth-order valence-corrected chi connectivity index (χ4v) is 6.19. The summed E-state index contributed by atoms with van der Waals surface area (Å²) in [4.78, 5) is 119. The summed E-state index contributed by atoms with van der Waals surface area (Å²) in [5, 5.41) is 19.0. The molecule has 1 aromatic carbocycles. The van der Waals surface area contributed by atoms with Crippen LogP contribution >= 0.6 is 0 Å². The number of carbonyl (C=O) groups excluding carboxylic acids is 9. The average molecular weight is 1180 g/mol. The van der Waals surface area contributed by atoms with Crippen molar-refractivity contribution in [2.75, 3.05) is 0 Å². The zero-order valence-electron chi connectivity index (χ0n) is 54.0. The van der Waals surface area contributed by atoms with E-state index in [1.807, 2.05) is 44.2 Å². The molecule has 0 aliphatic carbocycles. The first kappa shape index (κ1) is 80.7. The van der Waals surface area contributed by atoms with Gasteiger partial charge >= 0.3 is 59.8 Å². The summed E-state index contributed by atoms with van der Waals surface area (Å²) in [7, 11) is 0. The summed E-state index contributed by atoms with van der Waals surface area (Å²) in [6.07, 6.45) is 0.881. The third-order valence-corrected chi connectivity index (χ3v) is 9.47. The highest BCUT2D eigenvalue weighted by Gasteiger charge is 2.31. The maximum Gasteiger partial charge on any atom is 0.329 e. The summed E-state index contributed by atoms with van der Waals surface area (Å²) < 4.78 is 36.7. The summed E-state index contributed by atoms with van der Waals surface area (Å²) in [6, 6.07) is 4.47. The molecule has 0 aliphatic rings. The first-order valence-corrected chi connectivity index (χ1v) is 28.3. The molecule has 0 heterocycles. The van der Waals surface area contributed by atoms with Crippen LogP contribution in [0.4, 0.5) is 9.59 Å². The molecule has 478 valence electrons. The smallest absolute Gasteiger partial charge is 0.329 e. The number of carboxylic acid groups (broad SMARTS) is 1. The second-order valence-electron chi connectivity index (χ2n) is 25.3. The molecule has 83 heavy (non-hydrogen) atoms. The molecule has 1 rings (SSSR count). The number of hydrogen-bond donors (Lipinski definition) is 6. The van der Waals surface area contributed by atoms with Gasteiger partial charge in [0.05, 0.1) is 0 Å². The van der Waals surface area contributed by atoms with Crippen molar-refractivity contribution in [3.63, 3.8) is 0 Å². The van der Waals surface area contributed by atoms with E-state index in [0.29, 0.717) is 6.42 Å². The topological polar surface area (TPSA) is 330 Å². The Hall–Kier alpha value is -6.52. The lowest BCUT2D eigenvalue weighted by Crippen LogP contribution is -2.50. The van der Waals surface area contributed by atoms with E-state index >= 15 is 0 Å². The van der Waals surface area contributed by atoms with Gasteiger partial charge in [-0.2, -0.15) is 0 Å². The highest BCUT2D eigenvalue weighted by atomic mass is 16.6. The third-order valence-electron chi connectivity index (χ3n) is 9.47. The lowest BCUT2D eigenvalue weighted by Gasteiger charge is -2.25. The quantitative estimate of drug-likeness (QED) is 0.0415. The summed E-state index contributed by atoms with van der Waals surface area (Å²) in [5.74, 6) is -4.45. The Morgan fingerprint density at radius 1 is 0.422 bits per heavy atom. The number of ether oxygens (including phenoxy) is 7. The van der Waals surface area contributed by atoms with Crippen LogP contribution in [0.15, 0.2) is 30.3 Å². The molecule has 0 spiro atoms. The molecule has 23 nitrogen and oxygen atoms in total. The molecule has 5 atom stereocenters. The number of benzene rings is 1. The van der Waals surface area contributed by atoms with Crippen LogP contribution < -0.4 is 27.0 Å². The Morgan fingerprint density at radius 2 is 0.723 bits per heavy atom. The van der Waals surface area contributed by atoms with Gasteiger partial charge in [0, 0.05) is 44.2 Å². The van der Waals surface area contributed by atoms with Crippen LogP contribution in [0, 0.1) is 0 Å². The normalized spacial score (nSPS) is 13.3. The summed E-state index contributed by atoms with van der Waals surface area (Å²) in [5.41, 5.74) is 2.64. The zero-order valence-corrected chi connectivity index (χ0v) is 54.0. The van der Waals surface area contributed by atoms with E-state index in [4.69, 9.17) is 44.0 Å². The first-order valence-electron chi connectivity index (χ1n) is 28.3. The van der Waals surface area contributed by atoms with E-state index in [-0.39, 0.29) is 82.4 Å². The molecule has 0 aliphatic heterocycles. The van der Waals surface area contributed by atoms with Gasteiger partial charge in [0.15, 0.2) is 0 Å². The van der Waals surface area contributed by atoms with Crippen molar-refractivity contribution < 1.29 is 86.2 Å². The van der Waals surface area contributed by atoms with Gasteiger partial charge in [-0.05, 0) is 176 Å². The van der Waals surface area contributed by atoms with Gasteiger partial charge in [0.1, 0.15) is 58.3 Å². The first-order chi connectivity index (χ1) is 37.6. The second kappa shape index (κ2) is 38.4. The average Bonchev–Trinajstić information content (AvgIpc) is 3.29. The van der Waals surface area contributed by atoms with Crippen molar-refractivity contribution in [2.24, 2.45) is 5.73 Å². The minimum atomic E-state index is -1.04. The van der Waals surface area contributed by atoms with Crippen molar-refractivity contribution in [1.29, 1.82) is 0 Å². The minimum Gasteiger partial charge on any atom is -0.481 e. The Balaban J connectivity index is -0.00000120. The van der Waals surface area contributed by atoms with Gasteiger partial charge in [-0.3, -0.25) is 28.8 Å². The number of nitrogens with two attached hydrogens (primary N) is 1.